The van der Waals surface area contributed by atoms with Crippen molar-refractivity contribution < 1.29 is 4.42 Å². The Bertz CT molecular complexity index is 409. The van der Waals surface area contributed by atoms with Gasteiger partial charge in [0, 0.05) is 30.7 Å². The van der Waals surface area contributed by atoms with E-state index in [4.69, 9.17) is 4.42 Å². The third kappa shape index (κ3) is 4.64. The molecule has 3 heteroatoms. The Hall–Kier alpha value is -0.800. The summed E-state index contributed by atoms with van der Waals surface area (Å²) < 4.78 is 5.72. The summed E-state index contributed by atoms with van der Waals surface area (Å²) >= 11 is 0. The highest BCUT2D eigenvalue weighted by molar-refractivity contribution is 5.17. The van der Waals surface area contributed by atoms with E-state index >= 15 is 0 Å². The first-order chi connectivity index (χ1) is 9.33. The van der Waals surface area contributed by atoms with Crippen molar-refractivity contribution in [2.45, 2.75) is 59.7 Å². The molecule has 1 aromatic heterocycles. The minimum atomic E-state index is 0.142. The van der Waals surface area contributed by atoms with E-state index in [9.17, 15) is 0 Å². The molecule has 1 fully saturated rings. The second-order valence-electron chi connectivity index (χ2n) is 7.61. The van der Waals surface area contributed by atoms with Crippen LogP contribution in [0, 0.1) is 11.8 Å². The SMILES string of the molecule is CC1CC(C)CN(Cc2occc2CNC(C)(C)C)C1. The van der Waals surface area contributed by atoms with Gasteiger partial charge in [-0.3, -0.25) is 4.90 Å². The van der Waals surface area contributed by atoms with E-state index in [1.807, 2.05) is 6.26 Å². The van der Waals surface area contributed by atoms with E-state index in [-0.39, 0.29) is 5.54 Å². The van der Waals surface area contributed by atoms with Gasteiger partial charge in [-0.25, -0.2) is 0 Å². The summed E-state index contributed by atoms with van der Waals surface area (Å²) in [7, 11) is 0. The van der Waals surface area contributed by atoms with Crippen molar-refractivity contribution in [2.75, 3.05) is 13.1 Å². The number of piperidine rings is 1. The van der Waals surface area contributed by atoms with Gasteiger partial charge in [0.05, 0.1) is 12.8 Å². The molecule has 1 N–H and O–H groups in total. The lowest BCUT2D eigenvalue weighted by atomic mass is 9.92. The fraction of sp³-hybridized carbons (Fsp3) is 0.765. The molecule has 114 valence electrons. The second kappa shape index (κ2) is 6.31. The molecule has 2 atom stereocenters. The van der Waals surface area contributed by atoms with Crippen LogP contribution in [0.2, 0.25) is 0 Å². The van der Waals surface area contributed by atoms with Gasteiger partial charge in [0.15, 0.2) is 0 Å². The lowest BCUT2D eigenvalue weighted by Gasteiger charge is -2.34. The molecule has 1 saturated heterocycles. The van der Waals surface area contributed by atoms with Crippen LogP contribution in [0.1, 0.15) is 52.4 Å². The first-order valence-corrected chi connectivity index (χ1v) is 7.86. The van der Waals surface area contributed by atoms with Crippen LogP contribution in [-0.4, -0.2) is 23.5 Å². The molecule has 0 aliphatic carbocycles. The Kier molecular flexibility index (Phi) is 4.92. The van der Waals surface area contributed by atoms with Crippen molar-refractivity contribution in [3.8, 4) is 0 Å². The summed E-state index contributed by atoms with van der Waals surface area (Å²) in [5.74, 6) is 2.72. The van der Waals surface area contributed by atoms with Crippen molar-refractivity contribution in [3.63, 3.8) is 0 Å². The summed E-state index contributed by atoms with van der Waals surface area (Å²) in [5, 5.41) is 3.54. The zero-order valence-electron chi connectivity index (χ0n) is 13.7. The summed E-state index contributed by atoms with van der Waals surface area (Å²) in [6.07, 6.45) is 3.18. The maximum Gasteiger partial charge on any atom is 0.122 e. The molecule has 1 aliphatic heterocycles. The third-order valence-corrected chi connectivity index (χ3v) is 3.96. The van der Waals surface area contributed by atoms with E-state index in [0.29, 0.717) is 0 Å². The number of hydrogen-bond acceptors (Lipinski definition) is 3. The number of likely N-dealkylation sites (tertiary alicyclic amines) is 1. The molecule has 0 amide bonds. The number of hydrogen-bond donors (Lipinski definition) is 1. The van der Waals surface area contributed by atoms with Crippen molar-refractivity contribution in [1.29, 1.82) is 0 Å². The monoisotopic (exact) mass is 278 g/mol. The lowest BCUT2D eigenvalue weighted by molar-refractivity contribution is 0.125. The molecule has 0 bridgehead atoms. The molecule has 0 aromatic carbocycles. The molecule has 2 unspecified atom stereocenters. The van der Waals surface area contributed by atoms with Crippen LogP contribution >= 0.6 is 0 Å². The summed E-state index contributed by atoms with van der Waals surface area (Å²) in [5.41, 5.74) is 1.44. The van der Waals surface area contributed by atoms with E-state index in [2.05, 4.69) is 50.9 Å². The molecular weight excluding hydrogens is 248 g/mol. The molecule has 0 radical (unpaired) electrons. The van der Waals surface area contributed by atoms with Crippen LogP contribution in [0.25, 0.3) is 0 Å². The van der Waals surface area contributed by atoms with Crippen LogP contribution in [0.5, 0.6) is 0 Å². The van der Waals surface area contributed by atoms with Crippen molar-refractivity contribution >= 4 is 0 Å². The lowest BCUT2D eigenvalue weighted by Crippen LogP contribution is -2.38. The summed E-state index contributed by atoms with van der Waals surface area (Å²) in [4.78, 5) is 2.54. The van der Waals surface area contributed by atoms with Gasteiger partial charge in [-0.2, -0.15) is 0 Å². The van der Waals surface area contributed by atoms with Gasteiger partial charge in [-0.15, -0.1) is 0 Å². The smallest absolute Gasteiger partial charge is 0.122 e. The van der Waals surface area contributed by atoms with Crippen LogP contribution in [0.15, 0.2) is 16.7 Å². The Morgan fingerprint density at radius 3 is 2.50 bits per heavy atom. The van der Waals surface area contributed by atoms with Gasteiger partial charge >= 0.3 is 0 Å². The highest BCUT2D eigenvalue weighted by Crippen LogP contribution is 2.23. The zero-order valence-corrected chi connectivity index (χ0v) is 13.7. The molecule has 20 heavy (non-hydrogen) atoms. The average Bonchev–Trinajstić information content (AvgIpc) is 2.71. The molecule has 0 spiro atoms. The molecule has 0 saturated carbocycles. The maximum absolute atomic E-state index is 5.72. The van der Waals surface area contributed by atoms with Crippen LogP contribution in [0.3, 0.4) is 0 Å². The molecule has 1 aliphatic rings. The first kappa shape index (κ1) is 15.6. The first-order valence-electron chi connectivity index (χ1n) is 7.86. The van der Waals surface area contributed by atoms with Crippen molar-refractivity contribution in [1.82, 2.24) is 10.2 Å². The predicted octanol–water partition coefficient (Wildman–Crippen LogP) is 3.65. The van der Waals surface area contributed by atoms with Gasteiger partial charge in [0.2, 0.25) is 0 Å². The maximum atomic E-state index is 5.72. The Morgan fingerprint density at radius 1 is 1.25 bits per heavy atom. The normalized spacial score (nSPS) is 25.1. The minimum Gasteiger partial charge on any atom is -0.468 e. The predicted molar refractivity (Wildman–Crippen MR) is 83.5 cm³/mol. The van der Waals surface area contributed by atoms with Crippen LogP contribution in [0.4, 0.5) is 0 Å². The average molecular weight is 278 g/mol. The zero-order chi connectivity index (χ0) is 14.8. The summed E-state index contributed by atoms with van der Waals surface area (Å²) in [6.45, 7) is 15.5. The molecule has 3 nitrogen and oxygen atoms in total. The fourth-order valence-corrected chi connectivity index (χ4v) is 3.15. The van der Waals surface area contributed by atoms with Gasteiger partial charge < -0.3 is 9.73 Å². The third-order valence-electron chi connectivity index (χ3n) is 3.96. The number of nitrogens with zero attached hydrogens (tertiary/aromatic N) is 1. The topological polar surface area (TPSA) is 28.4 Å². The molecule has 2 heterocycles. The van der Waals surface area contributed by atoms with E-state index in [0.717, 1.165) is 30.7 Å². The van der Waals surface area contributed by atoms with Crippen LogP contribution in [-0.2, 0) is 13.1 Å². The van der Waals surface area contributed by atoms with E-state index in [1.165, 1.54) is 25.1 Å². The Labute approximate surface area is 123 Å². The highest BCUT2D eigenvalue weighted by Gasteiger charge is 2.23. The standard InChI is InChI=1S/C17H30N2O/c1-13-8-14(2)11-19(10-13)12-16-15(6-7-20-16)9-18-17(3,4)5/h6-7,13-14,18H,8-12H2,1-5H3. The fourth-order valence-electron chi connectivity index (χ4n) is 3.15. The Balaban J connectivity index is 1.94. The van der Waals surface area contributed by atoms with Crippen molar-refractivity contribution in [3.05, 3.63) is 23.7 Å². The largest absolute Gasteiger partial charge is 0.468 e. The number of furan rings is 1. The minimum absolute atomic E-state index is 0.142. The van der Waals surface area contributed by atoms with Gasteiger partial charge in [-0.05, 0) is 45.1 Å². The quantitative estimate of drug-likeness (QED) is 0.911. The highest BCUT2D eigenvalue weighted by atomic mass is 16.3. The van der Waals surface area contributed by atoms with Gasteiger partial charge in [-0.1, -0.05) is 13.8 Å². The van der Waals surface area contributed by atoms with Gasteiger partial charge in [0.1, 0.15) is 5.76 Å². The summed E-state index contributed by atoms with van der Waals surface area (Å²) in [6, 6.07) is 2.10. The second-order valence-corrected chi connectivity index (χ2v) is 7.61. The molecule has 2 rings (SSSR count). The molecule has 1 aromatic rings. The van der Waals surface area contributed by atoms with E-state index < -0.39 is 0 Å². The Morgan fingerprint density at radius 2 is 1.90 bits per heavy atom. The number of nitrogens with one attached hydrogen (secondary N) is 1. The van der Waals surface area contributed by atoms with Gasteiger partial charge in [0.25, 0.3) is 0 Å². The van der Waals surface area contributed by atoms with Crippen LogP contribution < -0.4 is 5.32 Å². The number of rotatable bonds is 4. The molecular formula is C17H30N2O. The van der Waals surface area contributed by atoms with Crippen molar-refractivity contribution in [2.24, 2.45) is 11.8 Å². The van der Waals surface area contributed by atoms with E-state index in [1.54, 1.807) is 0 Å².